The largest absolute Gasteiger partial charge is 0.378 e. The van der Waals surface area contributed by atoms with Crippen LogP contribution < -0.4 is 11.1 Å². The van der Waals surface area contributed by atoms with E-state index in [1.807, 2.05) is 0 Å². The van der Waals surface area contributed by atoms with E-state index in [-0.39, 0.29) is 16.8 Å². The van der Waals surface area contributed by atoms with Crippen LogP contribution in [-0.4, -0.2) is 12.1 Å². The topological polar surface area (TPSA) is 61.8 Å². The van der Waals surface area contributed by atoms with E-state index in [1.165, 1.54) is 0 Å². The summed E-state index contributed by atoms with van der Waals surface area (Å²) in [6, 6.07) is 3.72. The Morgan fingerprint density at radius 1 is 1.35 bits per heavy atom. The number of nitrogens with two attached hydrogens (primary N) is 1. The summed E-state index contributed by atoms with van der Waals surface area (Å²) < 4.78 is 27.0. The van der Waals surface area contributed by atoms with E-state index < -0.39 is 11.6 Å². The lowest BCUT2D eigenvalue weighted by atomic mass is 9.78. The van der Waals surface area contributed by atoms with Gasteiger partial charge in [0.15, 0.2) is 11.6 Å². The highest BCUT2D eigenvalue weighted by molar-refractivity contribution is 5.50. The number of nitriles is 1. The lowest BCUT2D eigenvalue weighted by Crippen LogP contribution is -2.52. The van der Waals surface area contributed by atoms with Gasteiger partial charge < -0.3 is 11.1 Å². The van der Waals surface area contributed by atoms with E-state index >= 15 is 0 Å². The number of benzene rings is 1. The standard InChI is InChI=1S/C12H13F2N3/c13-9-4-8(6-15)5-10(14)11(9)17-7-12(16)2-1-3-12/h4-5,17H,1-3,7,16H2. The lowest BCUT2D eigenvalue weighted by molar-refractivity contribution is 0.265. The molecule has 0 aromatic heterocycles. The van der Waals surface area contributed by atoms with Gasteiger partial charge in [0.25, 0.3) is 0 Å². The molecule has 0 amide bonds. The zero-order valence-corrected chi connectivity index (χ0v) is 9.26. The maximum atomic E-state index is 13.5. The van der Waals surface area contributed by atoms with E-state index in [4.69, 9.17) is 11.0 Å². The Bertz CT molecular complexity index is 452. The number of halogens is 2. The number of hydrogen-bond donors (Lipinski definition) is 2. The lowest BCUT2D eigenvalue weighted by Gasteiger charge is -2.38. The van der Waals surface area contributed by atoms with Gasteiger partial charge in [-0.1, -0.05) is 0 Å². The Kier molecular flexibility index (Phi) is 2.99. The predicted molar refractivity (Wildman–Crippen MR) is 60.3 cm³/mol. The molecule has 1 aliphatic rings. The van der Waals surface area contributed by atoms with Gasteiger partial charge >= 0.3 is 0 Å². The maximum Gasteiger partial charge on any atom is 0.150 e. The first-order valence-electron chi connectivity index (χ1n) is 5.46. The van der Waals surface area contributed by atoms with Gasteiger partial charge in [-0.2, -0.15) is 5.26 Å². The molecule has 0 heterocycles. The molecule has 0 spiro atoms. The van der Waals surface area contributed by atoms with Crippen molar-refractivity contribution in [1.29, 1.82) is 5.26 Å². The van der Waals surface area contributed by atoms with Gasteiger partial charge in [0.05, 0.1) is 11.6 Å². The number of anilines is 1. The van der Waals surface area contributed by atoms with Crippen LogP contribution in [0.3, 0.4) is 0 Å². The molecule has 0 unspecified atom stereocenters. The van der Waals surface area contributed by atoms with Crippen LogP contribution >= 0.6 is 0 Å². The number of nitrogens with one attached hydrogen (secondary N) is 1. The summed E-state index contributed by atoms with van der Waals surface area (Å²) in [5, 5.41) is 11.3. The summed E-state index contributed by atoms with van der Waals surface area (Å²) in [4.78, 5) is 0. The molecule has 5 heteroatoms. The highest BCUT2D eigenvalue weighted by Gasteiger charge is 2.32. The average Bonchev–Trinajstić information content (AvgIpc) is 2.25. The zero-order chi connectivity index (χ0) is 12.5. The molecule has 3 N–H and O–H groups in total. The van der Waals surface area contributed by atoms with E-state index in [0.717, 1.165) is 31.4 Å². The van der Waals surface area contributed by atoms with E-state index in [2.05, 4.69) is 5.32 Å². The smallest absolute Gasteiger partial charge is 0.150 e. The van der Waals surface area contributed by atoms with Gasteiger partial charge in [-0.3, -0.25) is 0 Å². The Morgan fingerprint density at radius 2 is 1.94 bits per heavy atom. The van der Waals surface area contributed by atoms with Gasteiger partial charge in [0.1, 0.15) is 5.69 Å². The number of nitrogens with zero attached hydrogens (tertiary/aromatic N) is 1. The SMILES string of the molecule is N#Cc1cc(F)c(NCC2(N)CCC2)c(F)c1. The van der Waals surface area contributed by atoms with Gasteiger partial charge in [-0.25, -0.2) is 8.78 Å². The third kappa shape index (κ3) is 2.37. The first-order chi connectivity index (χ1) is 8.04. The predicted octanol–water partition coefficient (Wildman–Crippen LogP) is 2.13. The summed E-state index contributed by atoms with van der Waals surface area (Å²) >= 11 is 0. The molecular formula is C12H13F2N3. The highest BCUT2D eigenvalue weighted by Crippen LogP contribution is 2.30. The molecule has 0 radical (unpaired) electrons. The zero-order valence-electron chi connectivity index (χ0n) is 9.26. The minimum absolute atomic E-state index is 0.0309. The number of hydrogen-bond acceptors (Lipinski definition) is 3. The molecule has 3 nitrogen and oxygen atoms in total. The fourth-order valence-electron chi connectivity index (χ4n) is 1.88. The summed E-state index contributed by atoms with van der Waals surface area (Å²) in [5.74, 6) is -1.52. The van der Waals surface area contributed by atoms with Crippen molar-refractivity contribution >= 4 is 5.69 Å². The third-order valence-electron chi connectivity index (χ3n) is 3.14. The van der Waals surface area contributed by atoms with E-state index in [0.29, 0.717) is 6.54 Å². The normalized spacial score (nSPS) is 17.1. The van der Waals surface area contributed by atoms with Crippen LogP contribution in [0.5, 0.6) is 0 Å². The van der Waals surface area contributed by atoms with Crippen molar-refractivity contribution in [2.24, 2.45) is 5.73 Å². The second-order valence-electron chi connectivity index (χ2n) is 4.50. The molecule has 0 saturated heterocycles. The number of rotatable bonds is 3. The molecule has 1 saturated carbocycles. The summed E-state index contributed by atoms with van der Waals surface area (Å²) in [5.41, 5.74) is 5.35. The molecule has 0 atom stereocenters. The Hall–Kier alpha value is -1.67. The molecule has 17 heavy (non-hydrogen) atoms. The summed E-state index contributed by atoms with van der Waals surface area (Å²) in [6.45, 7) is 0.340. The van der Waals surface area contributed by atoms with Crippen molar-refractivity contribution in [1.82, 2.24) is 0 Å². The van der Waals surface area contributed by atoms with Crippen LogP contribution in [0.1, 0.15) is 24.8 Å². The van der Waals surface area contributed by atoms with Crippen LogP contribution in [0.25, 0.3) is 0 Å². The van der Waals surface area contributed by atoms with Crippen molar-refractivity contribution in [3.63, 3.8) is 0 Å². The van der Waals surface area contributed by atoms with E-state index in [1.54, 1.807) is 6.07 Å². The summed E-state index contributed by atoms with van der Waals surface area (Å²) in [7, 11) is 0. The molecule has 2 rings (SSSR count). The first-order valence-corrected chi connectivity index (χ1v) is 5.46. The summed E-state index contributed by atoms with van der Waals surface area (Å²) in [6.07, 6.45) is 2.77. The fraction of sp³-hybridized carbons (Fsp3) is 0.417. The van der Waals surface area contributed by atoms with Crippen molar-refractivity contribution in [2.75, 3.05) is 11.9 Å². The van der Waals surface area contributed by atoms with E-state index in [9.17, 15) is 8.78 Å². The molecular weight excluding hydrogens is 224 g/mol. The monoisotopic (exact) mass is 237 g/mol. The first kappa shape index (κ1) is 11.8. The maximum absolute atomic E-state index is 13.5. The second kappa shape index (κ2) is 4.30. The third-order valence-corrected chi connectivity index (χ3v) is 3.14. The van der Waals surface area contributed by atoms with Crippen LogP contribution in [0.2, 0.25) is 0 Å². The molecule has 0 aliphatic heterocycles. The quantitative estimate of drug-likeness (QED) is 0.846. The Morgan fingerprint density at radius 3 is 2.35 bits per heavy atom. The average molecular weight is 237 g/mol. The van der Waals surface area contributed by atoms with Gasteiger partial charge in [0.2, 0.25) is 0 Å². The minimum Gasteiger partial charge on any atom is -0.378 e. The molecule has 1 fully saturated rings. The molecule has 90 valence electrons. The van der Waals surface area contributed by atoms with Crippen molar-refractivity contribution in [3.8, 4) is 6.07 Å². The fourth-order valence-corrected chi connectivity index (χ4v) is 1.88. The Balaban J connectivity index is 2.13. The van der Waals surface area contributed by atoms with Crippen molar-refractivity contribution < 1.29 is 8.78 Å². The highest BCUT2D eigenvalue weighted by atomic mass is 19.1. The molecule has 1 aromatic carbocycles. The molecule has 0 bridgehead atoms. The molecule has 1 aliphatic carbocycles. The Labute approximate surface area is 98.2 Å². The van der Waals surface area contributed by atoms with Crippen LogP contribution in [0.4, 0.5) is 14.5 Å². The minimum atomic E-state index is -0.760. The van der Waals surface area contributed by atoms with Crippen LogP contribution in [0, 0.1) is 23.0 Å². The van der Waals surface area contributed by atoms with Crippen molar-refractivity contribution in [3.05, 3.63) is 29.3 Å². The van der Waals surface area contributed by atoms with Gasteiger partial charge in [0, 0.05) is 12.1 Å². The molecule has 1 aromatic rings. The van der Waals surface area contributed by atoms with Crippen LogP contribution in [0.15, 0.2) is 12.1 Å². The van der Waals surface area contributed by atoms with Crippen molar-refractivity contribution in [2.45, 2.75) is 24.8 Å². The van der Waals surface area contributed by atoms with Gasteiger partial charge in [-0.15, -0.1) is 0 Å². The van der Waals surface area contributed by atoms with Crippen LogP contribution in [-0.2, 0) is 0 Å². The second-order valence-corrected chi connectivity index (χ2v) is 4.50. The van der Waals surface area contributed by atoms with Gasteiger partial charge in [-0.05, 0) is 31.4 Å².